The number of nitrogens with one attached hydrogen (secondary N) is 1. The average Bonchev–Trinajstić information content (AvgIpc) is 2.30. The number of rotatable bonds is 5. The van der Waals surface area contributed by atoms with Gasteiger partial charge in [-0.05, 0) is 30.7 Å². The molecule has 7 heteroatoms. The summed E-state index contributed by atoms with van der Waals surface area (Å²) in [6.07, 6.45) is 0.547. The normalized spacial score (nSPS) is 11.8. The molecule has 102 valence electrons. The third kappa shape index (κ3) is 5.66. The summed E-state index contributed by atoms with van der Waals surface area (Å²) in [5, 5.41) is 2.61. The predicted octanol–water partition coefficient (Wildman–Crippen LogP) is 3.10. The summed E-state index contributed by atoms with van der Waals surface area (Å²) in [6.45, 7) is 1.81. The Balaban J connectivity index is 0.00000289. The average molecular weight is 297 g/mol. The van der Waals surface area contributed by atoms with Crippen LogP contribution in [0.4, 0.5) is 14.5 Å². The smallest absolute Gasteiger partial charge is 0.288 e. The molecule has 0 spiro atoms. The summed E-state index contributed by atoms with van der Waals surface area (Å²) in [7, 11) is 0. The molecule has 0 unspecified atom stereocenters. The third-order valence-electron chi connectivity index (χ3n) is 2.12. The molecule has 0 aliphatic heterocycles. The van der Waals surface area contributed by atoms with E-state index in [-0.39, 0.29) is 18.3 Å². The number of carbonyl (C=O) groups is 1. The lowest BCUT2D eigenvalue weighted by Crippen LogP contribution is -2.34. The Morgan fingerprint density at radius 1 is 1.39 bits per heavy atom. The maximum Gasteiger partial charge on any atom is 0.288 e. The Bertz CT molecular complexity index is 376. The largest absolute Gasteiger partial charge is 0.325 e. The topological polar surface area (TPSA) is 55.1 Å². The zero-order chi connectivity index (χ0) is 12.8. The van der Waals surface area contributed by atoms with Crippen LogP contribution in [0.15, 0.2) is 29.2 Å². The minimum absolute atomic E-state index is 0. The van der Waals surface area contributed by atoms with Gasteiger partial charge in [-0.25, -0.2) is 0 Å². The van der Waals surface area contributed by atoms with E-state index in [1.165, 1.54) is 12.1 Å². The molecule has 3 N–H and O–H groups in total. The van der Waals surface area contributed by atoms with Crippen molar-refractivity contribution in [3.05, 3.63) is 24.3 Å². The second-order valence-electron chi connectivity index (χ2n) is 3.41. The second-order valence-corrected chi connectivity index (χ2v) is 4.47. The molecular formula is C11H15ClF2N2OS. The van der Waals surface area contributed by atoms with Crippen molar-refractivity contribution in [2.24, 2.45) is 5.73 Å². The van der Waals surface area contributed by atoms with E-state index in [1.54, 1.807) is 12.1 Å². The number of nitrogens with two attached hydrogens (primary N) is 1. The number of anilines is 1. The molecule has 1 rings (SSSR count). The molecular weight excluding hydrogens is 282 g/mol. The summed E-state index contributed by atoms with van der Waals surface area (Å²) < 4.78 is 24.1. The number of alkyl halides is 2. The Kier molecular flexibility index (Phi) is 7.90. The molecule has 0 aromatic heterocycles. The first-order valence-electron chi connectivity index (χ1n) is 5.14. The standard InChI is InChI=1S/C11H14F2N2OS.ClH/c1-2-9(14)10(16)15-7-3-5-8(6-4-7)17-11(12)13;/h3-6,9,11H,2,14H2,1H3,(H,15,16);1H/t9-;/m0./s1. The lowest BCUT2D eigenvalue weighted by Gasteiger charge is -2.10. The number of benzene rings is 1. The molecule has 0 aliphatic rings. The van der Waals surface area contributed by atoms with Crippen LogP contribution in [0.1, 0.15) is 13.3 Å². The van der Waals surface area contributed by atoms with Gasteiger partial charge in [0.2, 0.25) is 5.91 Å². The van der Waals surface area contributed by atoms with Crippen LogP contribution in [0.25, 0.3) is 0 Å². The number of amides is 1. The second kappa shape index (κ2) is 8.29. The highest BCUT2D eigenvalue weighted by Gasteiger charge is 2.11. The summed E-state index contributed by atoms with van der Waals surface area (Å²) in [6, 6.07) is 5.66. The van der Waals surface area contributed by atoms with Crippen LogP contribution in [-0.4, -0.2) is 17.7 Å². The van der Waals surface area contributed by atoms with Crippen molar-refractivity contribution in [1.29, 1.82) is 0 Å². The molecule has 0 radical (unpaired) electrons. The van der Waals surface area contributed by atoms with Crippen molar-refractivity contribution in [2.75, 3.05) is 5.32 Å². The molecule has 1 amide bonds. The highest BCUT2D eigenvalue weighted by molar-refractivity contribution is 7.99. The minimum atomic E-state index is -2.44. The van der Waals surface area contributed by atoms with Gasteiger partial charge in [0.15, 0.2) is 0 Å². The van der Waals surface area contributed by atoms with Crippen LogP contribution in [0.5, 0.6) is 0 Å². The van der Waals surface area contributed by atoms with Crippen LogP contribution >= 0.6 is 24.2 Å². The van der Waals surface area contributed by atoms with Crippen molar-refractivity contribution in [3.63, 3.8) is 0 Å². The Labute approximate surface area is 115 Å². The monoisotopic (exact) mass is 296 g/mol. The highest BCUT2D eigenvalue weighted by atomic mass is 35.5. The van der Waals surface area contributed by atoms with Gasteiger partial charge >= 0.3 is 0 Å². The van der Waals surface area contributed by atoms with E-state index in [2.05, 4.69) is 5.32 Å². The number of thioether (sulfide) groups is 1. The summed E-state index contributed by atoms with van der Waals surface area (Å²) in [5.74, 6) is -2.72. The Hall–Kier alpha value is -0.850. The van der Waals surface area contributed by atoms with Crippen LogP contribution in [0.2, 0.25) is 0 Å². The molecule has 18 heavy (non-hydrogen) atoms. The fourth-order valence-corrected chi connectivity index (χ4v) is 1.64. The zero-order valence-electron chi connectivity index (χ0n) is 9.73. The quantitative estimate of drug-likeness (QED) is 0.821. The zero-order valence-corrected chi connectivity index (χ0v) is 11.4. The van der Waals surface area contributed by atoms with Crippen LogP contribution in [0.3, 0.4) is 0 Å². The van der Waals surface area contributed by atoms with E-state index < -0.39 is 11.8 Å². The van der Waals surface area contributed by atoms with E-state index in [4.69, 9.17) is 5.73 Å². The van der Waals surface area contributed by atoms with E-state index in [1.807, 2.05) is 6.92 Å². The van der Waals surface area contributed by atoms with Crippen molar-refractivity contribution in [2.45, 2.75) is 30.0 Å². The maximum absolute atomic E-state index is 12.1. The van der Waals surface area contributed by atoms with Gasteiger partial charge in [-0.2, -0.15) is 8.78 Å². The van der Waals surface area contributed by atoms with Crippen molar-refractivity contribution in [1.82, 2.24) is 0 Å². The van der Waals surface area contributed by atoms with E-state index in [0.29, 0.717) is 28.8 Å². The first-order valence-corrected chi connectivity index (χ1v) is 6.02. The molecule has 3 nitrogen and oxygen atoms in total. The Morgan fingerprint density at radius 3 is 2.39 bits per heavy atom. The maximum atomic E-state index is 12.1. The van der Waals surface area contributed by atoms with Crippen molar-refractivity contribution >= 4 is 35.8 Å². The molecule has 0 bridgehead atoms. The van der Waals surface area contributed by atoms with Gasteiger partial charge in [0, 0.05) is 10.6 Å². The van der Waals surface area contributed by atoms with Gasteiger partial charge in [0.25, 0.3) is 5.76 Å². The number of hydrogen-bond acceptors (Lipinski definition) is 3. The lowest BCUT2D eigenvalue weighted by molar-refractivity contribution is -0.117. The van der Waals surface area contributed by atoms with Gasteiger partial charge < -0.3 is 11.1 Å². The molecule has 1 aromatic rings. The SMILES string of the molecule is CC[C@H](N)C(=O)Nc1ccc(SC(F)F)cc1.Cl. The van der Waals surface area contributed by atoms with E-state index in [9.17, 15) is 13.6 Å². The molecule has 0 saturated heterocycles. The number of hydrogen-bond donors (Lipinski definition) is 2. The number of halogens is 3. The van der Waals surface area contributed by atoms with Gasteiger partial charge in [-0.15, -0.1) is 12.4 Å². The molecule has 1 atom stereocenters. The molecule has 1 aromatic carbocycles. The molecule has 0 saturated carbocycles. The molecule has 0 fully saturated rings. The third-order valence-corrected chi connectivity index (χ3v) is 2.85. The number of carbonyl (C=O) groups excluding carboxylic acids is 1. The van der Waals surface area contributed by atoms with Crippen LogP contribution < -0.4 is 11.1 Å². The summed E-state index contributed by atoms with van der Waals surface area (Å²) in [5.41, 5.74) is 6.10. The Morgan fingerprint density at radius 2 is 1.94 bits per heavy atom. The van der Waals surface area contributed by atoms with Crippen LogP contribution in [0, 0.1) is 0 Å². The van der Waals surface area contributed by atoms with E-state index >= 15 is 0 Å². The lowest BCUT2D eigenvalue weighted by atomic mass is 10.2. The molecule has 0 aliphatic carbocycles. The van der Waals surface area contributed by atoms with Crippen molar-refractivity contribution < 1.29 is 13.6 Å². The fraction of sp³-hybridized carbons (Fsp3) is 0.364. The molecule has 0 heterocycles. The first kappa shape index (κ1) is 17.2. The highest BCUT2D eigenvalue weighted by Crippen LogP contribution is 2.26. The van der Waals surface area contributed by atoms with E-state index in [0.717, 1.165) is 0 Å². The summed E-state index contributed by atoms with van der Waals surface area (Å²) in [4.78, 5) is 11.9. The van der Waals surface area contributed by atoms with Gasteiger partial charge in [-0.3, -0.25) is 4.79 Å². The summed E-state index contributed by atoms with van der Waals surface area (Å²) >= 11 is 0.466. The van der Waals surface area contributed by atoms with Gasteiger partial charge in [-0.1, -0.05) is 18.7 Å². The first-order chi connectivity index (χ1) is 8.02. The minimum Gasteiger partial charge on any atom is -0.325 e. The van der Waals surface area contributed by atoms with Gasteiger partial charge in [0.05, 0.1) is 6.04 Å². The fourth-order valence-electron chi connectivity index (χ4n) is 1.14. The van der Waals surface area contributed by atoms with Crippen molar-refractivity contribution in [3.8, 4) is 0 Å². The predicted molar refractivity (Wildman–Crippen MR) is 72.4 cm³/mol. The van der Waals surface area contributed by atoms with Gasteiger partial charge in [0.1, 0.15) is 0 Å². The van der Waals surface area contributed by atoms with Crippen LogP contribution in [-0.2, 0) is 4.79 Å².